The maximum atomic E-state index is 6.20. The molecule has 0 fully saturated rings. The van der Waals surface area contributed by atoms with Crippen molar-refractivity contribution in [1.29, 1.82) is 0 Å². The number of fused-ring (bicyclic) bond motifs is 1. The highest BCUT2D eigenvalue weighted by atomic mass is 32.1. The second-order valence-corrected chi connectivity index (χ2v) is 4.83. The van der Waals surface area contributed by atoms with E-state index >= 15 is 0 Å². The van der Waals surface area contributed by atoms with Crippen LogP contribution in [0.2, 0.25) is 0 Å². The van der Waals surface area contributed by atoms with Gasteiger partial charge in [-0.3, -0.25) is 0 Å². The summed E-state index contributed by atoms with van der Waals surface area (Å²) in [6.07, 6.45) is 2.74. The highest BCUT2D eigenvalue weighted by molar-refractivity contribution is 7.07. The fourth-order valence-corrected chi connectivity index (χ4v) is 2.56. The zero-order chi connectivity index (χ0) is 11.7. The lowest BCUT2D eigenvalue weighted by atomic mass is 10.0. The van der Waals surface area contributed by atoms with Crippen molar-refractivity contribution in [3.8, 4) is 0 Å². The first-order chi connectivity index (χ1) is 8.33. The summed E-state index contributed by atoms with van der Waals surface area (Å²) in [4.78, 5) is 7.45. The van der Waals surface area contributed by atoms with Crippen molar-refractivity contribution in [2.45, 2.75) is 12.5 Å². The van der Waals surface area contributed by atoms with E-state index in [1.54, 1.807) is 11.3 Å². The van der Waals surface area contributed by atoms with Gasteiger partial charge in [0.15, 0.2) is 0 Å². The van der Waals surface area contributed by atoms with Crippen LogP contribution in [-0.2, 0) is 6.42 Å². The lowest BCUT2D eigenvalue weighted by Gasteiger charge is -2.10. The number of nitrogens with two attached hydrogens (primary N) is 1. The molecular weight excluding hydrogens is 230 g/mol. The number of benzene rings is 1. The maximum absolute atomic E-state index is 6.20. The molecular formula is C13H13N3S. The largest absolute Gasteiger partial charge is 0.361 e. The minimum atomic E-state index is 0.0106. The predicted molar refractivity (Wildman–Crippen MR) is 71.0 cm³/mol. The van der Waals surface area contributed by atoms with Gasteiger partial charge in [-0.25, -0.2) is 4.98 Å². The first-order valence-electron chi connectivity index (χ1n) is 5.52. The number of rotatable bonds is 3. The van der Waals surface area contributed by atoms with Crippen molar-refractivity contribution >= 4 is 22.2 Å². The Morgan fingerprint density at radius 2 is 2.29 bits per heavy atom. The zero-order valence-corrected chi connectivity index (χ0v) is 10.1. The Kier molecular flexibility index (Phi) is 2.66. The Balaban J connectivity index is 1.87. The monoisotopic (exact) mass is 243 g/mol. The van der Waals surface area contributed by atoms with E-state index in [0.717, 1.165) is 23.2 Å². The Hall–Kier alpha value is -1.65. The normalized spacial score (nSPS) is 13.0. The molecule has 0 aliphatic carbocycles. The Bertz CT molecular complexity index is 612. The molecule has 86 valence electrons. The fraction of sp³-hybridized carbons (Fsp3) is 0.154. The molecule has 0 spiro atoms. The van der Waals surface area contributed by atoms with Crippen molar-refractivity contribution in [2.24, 2.45) is 5.73 Å². The SMILES string of the molecule is NC(Cc1cscn1)c1ccc2[nH]ccc2c1. The minimum absolute atomic E-state index is 0.0106. The summed E-state index contributed by atoms with van der Waals surface area (Å²) in [5, 5.41) is 3.26. The Labute approximate surface area is 103 Å². The molecule has 2 heterocycles. The molecule has 4 heteroatoms. The van der Waals surface area contributed by atoms with Gasteiger partial charge in [0.1, 0.15) is 0 Å². The van der Waals surface area contributed by atoms with Crippen LogP contribution in [0.3, 0.4) is 0 Å². The molecule has 0 saturated carbocycles. The Morgan fingerprint density at radius 1 is 1.35 bits per heavy atom. The third kappa shape index (κ3) is 2.09. The highest BCUT2D eigenvalue weighted by Gasteiger charge is 2.09. The number of aromatic amines is 1. The summed E-state index contributed by atoms with van der Waals surface area (Å²) in [6.45, 7) is 0. The molecule has 0 amide bonds. The van der Waals surface area contributed by atoms with Gasteiger partial charge in [-0.05, 0) is 29.1 Å². The van der Waals surface area contributed by atoms with Crippen molar-refractivity contribution in [3.05, 3.63) is 52.6 Å². The topological polar surface area (TPSA) is 54.7 Å². The smallest absolute Gasteiger partial charge is 0.0794 e. The number of aromatic nitrogens is 2. The molecule has 2 aromatic heterocycles. The first-order valence-corrected chi connectivity index (χ1v) is 6.47. The van der Waals surface area contributed by atoms with E-state index in [4.69, 9.17) is 5.73 Å². The van der Waals surface area contributed by atoms with Crippen LogP contribution >= 0.6 is 11.3 Å². The van der Waals surface area contributed by atoms with Gasteiger partial charge < -0.3 is 10.7 Å². The molecule has 3 N–H and O–H groups in total. The van der Waals surface area contributed by atoms with Crippen molar-refractivity contribution in [2.75, 3.05) is 0 Å². The molecule has 0 aliphatic heterocycles. The average molecular weight is 243 g/mol. The maximum Gasteiger partial charge on any atom is 0.0794 e. The number of thiazole rings is 1. The number of nitrogens with one attached hydrogen (secondary N) is 1. The standard InChI is InChI=1S/C13H13N3S/c14-12(6-11-7-17-8-16-11)9-1-2-13-10(5-9)3-4-15-13/h1-5,7-8,12,15H,6,14H2. The van der Waals surface area contributed by atoms with Gasteiger partial charge in [0, 0.05) is 29.6 Å². The molecule has 1 aromatic carbocycles. The first kappa shape index (κ1) is 10.5. The third-order valence-electron chi connectivity index (χ3n) is 2.92. The second-order valence-electron chi connectivity index (χ2n) is 4.11. The van der Waals surface area contributed by atoms with Crippen LogP contribution in [0.15, 0.2) is 41.4 Å². The van der Waals surface area contributed by atoms with Crippen LogP contribution in [-0.4, -0.2) is 9.97 Å². The van der Waals surface area contributed by atoms with Gasteiger partial charge in [0.05, 0.1) is 11.2 Å². The molecule has 0 bridgehead atoms. The molecule has 3 nitrogen and oxygen atoms in total. The van der Waals surface area contributed by atoms with E-state index < -0.39 is 0 Å². The average Bonchev–Trinajstić information content (AvgIpc) is 2.97. The quantitative estimate of drug-likeness (QED) is 0.743. The van der Waals surface area contributed by atoms with Gasteiger partial charge in [0.25, 0.3) is 0 Å². The highest BCUT2D eigenvalue weighted by Crippen LogP contribution is 2.21. The zero-order valence-electron chi connectivity index (χ0n) is 9.26. The summed E-state index contributed by atoms with van der Waals surface area (Å²) in [7, 11) is 0. The number of nitrogens with zero attached hydrogens (tertiary/aromatic N) is 1. The molecule has 0 saturated heterocycles. The fourth-order valence-electron chi connectivity index (χ4n) is 1.98. The van der Waals surface area contributed by atoms with Crippen LogP contribution < -0.4 is 5.73 Å². The summed E-state index contributed by atoms with van der Waals surface area (Å²) in [5.74, 6) is 0. The Morgan fingerprint density at radius 3 is 3.12 bits per heavy atom. The summed E-state index contributed by atoms with van der Waals surface area (Å²) < 4.78 is 0. The van der Waals surface area contributed by atoms with Gasteiger partial charge in [0.2, 0.25) is 0 Å². The van der Waals surface area contributed by atoms with Gasteiger partial charge >= 0.3 is 0 Å². The molecule has 3 aromatic rings. The number of hydrogen-bond donors (Lipinski definition) is 2. The summed E-state index contributed by atoms with van der Waals surface area (Å²) >= 11 is 1.61. The second kappa shape index (κ2) is 4.31. The van der Waals surface area contributed by atoms with Crippen molar-refractivity contribution in [1.82, 2.24) is 9.97 Å². The van der Waals surface area contributed by atoms with Crippen LogP contribution in [0, 0.1) is 0 Å². The molecule has 0 radical (unpaired) electrons. The van der Waals surface area contributed by atoms with Gasteiger partial charge in [-0.2, -0.15) is 0 Å². The van der Waals surface area contributed by atoms with E-state index in [1.807, 2.05) is 11.7 Å². The number of H-pyrrole nitrogens is 1. The van der Waals surface area contributed by atoms with Crippen molar-refractivity contribution < 1.29 is 0 Å². The molecule has 0 aliphatic rings. The number of hydrogen-bond acceptors (Lipinski definition) is 3. The van der Waals surface area contributed by atoms with Crippen LogP contribution in [0.1, 0.15) is 17.3 Å². The lowest BCUT2D eigenvalue weighted by molar-refractivity contribution is 0.711. The van der Waals surface area contributed by atoms with Gasteiger partial charge in [-0.1, -0.05) is 6.07 Å². The van der Waals surface area contributed by atoms with E-state index in [9.17, 15) is 0 Å². The van der Waals surface area contributed by atoms with Gasteiger partial charge in [-0.15, -0.1) is 11.3 Å². The van der Waals surface area contributed by atoms with Crippen LogP contribution in [0.5, 0.6) is 0 Å². The minimum Gasteiger partial charge on any atom is -0.361 e. The molecule has 1 atom stereocenters. The van der Waals surface area contributed by atoms with Crippen LogP contribution in [0.4, 0.5) is 0 Å². The van der Waals surface area contributed by atoms with Crippen LogP contribution in [0.25, 0.3) is 10.9 Å². The van der Waals surface area contributed by atoms with Crippen molar-refractivity contribution in [3.63, 3.8) is 0 Å². The summed E-state index contributed by atoms with van der Waals surface area (Å²) in [5.41, 5.74) is 11.4. The van der Waals surface area contributed by atoms with E-state index in [2.05, 4.69) is 39.6 Å². The van der Waals surface area contributed by atoms with E-state index in [0.29, 0.717) is 0 Å². The molecule has 1 unspecified atom stereocenters. The summed E-state index contributed by atoms with van der Waals surface area (Å²) in [6, 6.07) is 8.37. The third-order valence-corrected chi connectivity index (χ3v) is 3.55. The predicted octanol–water partition coefficient (Wildman–Crippen LogP) is 2.87. The lowest BCUT2D eigenvalue weighted by Crippen LogP contribution is -2.13. The molecule has 3 rings (SSSR count). The molecule has 17 heavy (non-hydrogen) atoms. The van der Waals surface area contributed by atoms with E-state index in [1.165, 1.54) is 5.39 Å². The van der Waals surface area contributed by atoms with E-state index in [-0.39, 0.29) is 6.04 Å².